The van der Waals surface area contributed by atoms with E-state index in [0.29, 0.717) is 6.54 Å². The fourth-order valence-corrected chi connectivity index (χ4v) is 26.2. The van der Waals surface area contributed by atoms with E-state index >= 15 is 22.8 Å². The monoisotopic (exact) mass is 1930 g/mol. The van der Waals surface area contributed by atoms with Crippen molar-refractivity contribution < 1.29 is 93.2 Å². The fraction of sp³-hybridized carbons (Fsp3) is 0.676. The van der Waals surface area contributed by atoms with Gasteiger partial charge in [0.2, 0.25) is 5.95 Å². The number of nitrogens with two attached hydrogens (primary N) is 4. The van der Waals surface area contributed by atoms with Gasteiger partial charge in [0.15, 0.2) is 35.1 Å². The number of aromatic amines is 2. The molecular weight excluding hydrogens is 1810 g/mol. The van der Waals surface area contributed by atoms with E-state index in [1.807, 2.05) is 11.9 Å². The minimum atomic E-state index is -4.47. The molecule has 6 saturated heterocycles. The number of rotatable bonds is 38. The number of ether oxygens (including phenoxy) is 8. The van der Waals surface area contributed by atoms with Gasteiger partial charge in [0.05, 0.1) is 135 Å². The molecule has 130 heavy (non-hydrogen) atoms. The molecule has 6 fully saturated rings. The molecule has 0 radical (unpaired) electrons. The number of aliphatic hydroxyl groups excluding tert-OH is 1. The van der Waals surface area contributed by atoms with E-state index < -0.39 is 166 Å². The van der Waals surface area contributed by atoms with Crippen LogP contribution < -0.4 is 51.1 Å². The average molecular weight is 1930 g/mol. The van der Waals surface area contributed by atoms with Gasteiger partial charge in [-0.3, -0.25) is 70.1 Å². The molecule has 0 bridgehead atoms. The molecule has 54 nitrogen and oxygen atoms in total. The number of fused-ring (bicyclic) bond motifs is 2. The summed E-state index contributed by atoms with van der Waals surface area (Å²) in [6.45, 7) is -0.472. The molecule has 13 rings (SSSR count). The third-order valence-corrected chi connectivity index (χ3v) is 35.7. The number of anilines is 4. The fourth-order valence-electron chi connectivity index (χ4n) is 15.9. The molecule has 0 spiro atoms. The lowest BCUT2D eigenvalue weighted by Crippen LogP contribution is -2.50. The number of hydrogen-bond donors (Lipinski definition) is 7. The number of aryl methyl sites for hydroxylation is 1. The number of nitrogens with one attached hydrogen (secondary N) is 2. The van der Waals surface area contributed by atoms with Crippen LogP contribution in [0.15, 0.2) is 73.7 Å². The van der Waals surface area contributed by atoms with E-state index in [4.69, 9.17) is 88.6 Å². The second-order valence-electron chi connectivity index (χ2n) is 32.7. The smallest absolute Gasteiger partial charge is 0.409 e. The van der Waals surface area contributed by atoms with Gasteiger partial charge in [-0.2, -0.15) is 15.0 Å². The number of imidazole rings is 2. The van der Waals surface area contributed by atoms with Crippen molar-refractivity contribution in [2.45, 2.75) is 87.1 Å². The highest BCUT2D eigenvalue weighted by Crippen LogP contribution is 2.62. The summed E-state index contributed by atoms with van der Waals surface area (Å²) in [4.78, 5) is 118. The topological polar surface area (TPSA) is 614 Å². The Morgan fingerprint density at radius 1 is 0.485 bits per heavy atom. The first-order chi connectivity index (χ1) is 61.7. The minimum absolute atomic E-state index is 0.00895. The largest absolute Gasteiger partial charge is 0.447 e. The highest BCUT2D eigenvalue weighted by Gasteiger charge is 2.52. The summed E-state index contributed by atoms with van der Waals surface area (Å²) in [7, 11) is -4.11. The molecule has 720 valence electrons. The van der Waals surface area contributed by atoms with Crippen molar-refractivity contribution in [2.24, 2.45) is 0 Å². The number of nitrogens with zero attached hydrogens (tertiary/aromatic N) is 23. The lowest BCUT2D eigenvalue weighted by atomic mass is 10.1. The summed E-state index contributed by atoms with van der Waals surface area (Å²) in [5.74, 6) is -0.265. The Morgan fingerprint density at radius 2 is 0.938 bits per heavy atom. The van der Waals surface area contributed by atoms with Crippen LogP contribution in [-0.4, -0.2) is 396 Å². The molecule has 0 aliphatic carbocycles. The maximum absolute atomic E-state index is 16.6. The number of hydrogen-bond acceptors (Lipinski definition) is 37. The number of aromatic nitrogens is 14. The molecule has 0 saturated carbocycles. The number of likely N-dealkylation sites (N-methyl/N-ethyl adjacent to an activating group) is 1. The minimum Gasteiger partial charge on any atom is -0.447 e. The van der Waals surface area contributed by atoms with Crippen LogP contribution in [0.3, 0.4) is 0 Å². The molecule has 7 aromatic rings. The number of aliphatic hydroxyl groups is 1. The molecule has 11 N–H and O–H groups in total. The first-order valence-corrected chi connectivity index (χ1v) is 49.4. The van der Waals surface area contributed by atoms with Gasteiger partial charge >= 0.3 is 53.8 Å². The zero-order valence-electron chi connectivity index (χ0n) is 74.2. The number of morpholine rings is 4. The summed E-state index contributed by atoms with van der Waals surface area (Å²) in [6.07, 6.45) is -3.96. The van der Waals surface area contributed by atoms with Gasteiger partial charge in [-0.15, -0.1) is 0 Å². The van der Waals surface area contributed by atoms with E-state index in [1.54, 1.807) is 37.4 Å². The molecular formula is C71H116N29O25P5. The molecule has 6 aliphatic rings. The maximum atomic E-state index is 16.6. The molecule has 1 amide bonds. The molecule has 6 aliphatic heterocycles. The summed E-state index contributed by atoms with van der Waals surface area (Å²) >= 11 is 0. The molecule has 0 aromatic carbocycles. The summed E-state index contributed by atoms with van der Waals surface area (Å²) in [6, 6.07) is 2.85. The molecule has 6 unspecified atom stereocenters. The van der Waals surface area contributed by atoms with Gasteiger partial charge < -0.3 is 93.5 Å². The second-order valence-corrected chi connectivity index (χ2v) is 46.0. The third-order valence-electron chi connectivity index (χ3n) is 22.5. The first kappa shape index (κ1) is 99.5. The van der Waals surface area contributed by atoms with Crippen LogP contribution in [0.2, 0.25) is 0 Å². The van der Waals surface area contributed by atoms with Crippen LogP contribution in [0.5, 0.6) is 0 Å². The third kappa shape index (κ3) is 22.3. The van der Waals surface area contributed by atoms with Gasteiger partial charge in [0.25, 0.3) is 18.6 Å². The SMILES string of the molecule is Cc1cn([C@H]2CC(P(=O)(OC[C@@H]3CN(P(=O)(OC[C@@H]4CN(C)C[C@H](n5ccc(N)nc5=O)O4)N(C)C)C[C@H](n4ccc(N)nc4=O)O3)N(C)C)C[C@@H](COP(=O)(N(C)C)N3C[C@@H](COP(=O)(N(C)C)N4C[C@@H](COP(=O)(N(C)C)N5CCN(C(=O)OCCOCCOCCO)CC5)O[C@@H](n5cnc6c(=O)[nH]c(N)nc65)C4)O[C@@H](n4cnc5c(N)ncnc54)C3)O2)c(=O)[nH]c1=O. The van der Waals surface area contributed by atoms with E-state index in [9.17, 15) is 28.8 Å². The lowest BCUT2D eigenvalue weighted by Gasteiger charge is -2.45. The Hall–Kier alpha value is -7.96. The Labute approximate surface area is 745 Å². The Morgan fingerprint density at radius 3 is 1.45 bits per heavy atom. The van der Waals surface area contributed by atoms with Crippen molar-refractivity contribution in [1.82, 2.24) is 120 Å². The molecule has 7 aromatic heterocycles. The predicted octanol–water partition coefficient (Wildman–Crippen LogP) is -0.569. The van der Waals surface area contributed by atoms with Crippen molar-refractivity contribution in [1.29, 1.82) is 0 Å². The van der Waals surface area contributed by atoms with Crippen molar-refractivity contribution >= 4 is 90.0 Å². The maximum Gasteiger partial charge on any atom is 0.409 e. The van der Waals surface area contributed by atoms with Crippen LogP contribution >= 0.6 is 38.2 Å². The molecule has 16 atom stereocenters. The molecule has 13 heterocycles. The lowest BCUT2D eigenvalue weighted by molar-refractivity contribution is -0.133. The zero-order chi connectivity index (χ0) is 93.6. The van der Waals surface area contributed by atoms with Crippen LogP contribution in [-0.2, 0) is 83.3 Å². The van der Waals surface area contributed by atoms with Crippen molar-refractivity contribution in [3.63, 3.8) is 0 Å². The summed E-state index contributed by atoms with van der Waals surface area (Å²) in [5, 5.41) is 8.94. The van der Waals surface area contributed by atoms with E-state index in [2.05, 4.69) is 44.9 Å². The van der Waals surface area contributed by atoms with Gasteiger partial charge in [-0.25, -0.2) is 81.1 Å². The number of H-pyrrole nitrogens is 2. The quantitative estimate of drug-likeness (QED) is 0.0188. The summed E-state index contributed by atoms with van der Waals surface area (Å²) < 4.78 is 183. The van der Waals surface area contributed by atoms with Gasteiger partial charge in [0.1, 0.15) is 48.8 Å². The predicted molar refractivity (Wildman–Crippen MR) is 468 cm³/mol. The van der Waals surface area contributed by atoms with Crippen LogP contribution in [0.4, 0.5) is 28.2 Å². The van der Waals surface area contributed by atoms with E-state index in [1.165, 1.54) is 150 Å². The first-order valence-electron chi connectivity index (χ1n) is 41.7. The van der Waals surface area contributed by atoms with Crippen molar-refractivity contribution in [3.8, 4) is 0 Å². The highest BCUT2D eigenvalue weighted by molar-refractivity contribution is 7.57. The Kier molecular flexibility index (Phi) is 32.4. The van der Waals surface area contributed by atoms with Crippen molar-refractivity contribution in [2.75, 3.05) is 252 Å². The highest BCUT2D eigenvalue weighted by atomic mass is 31.2. The number of carbonyl (C=O) groups excluding carboxylic acids is 1. The Balaban J connectivity index is 0.753. The number of amides is 1. The van der Waals surface area contributed by atoms with E-state index in [0.717, 1.165) is 9.13 Å². The standard InChI is InChI=1S/C71H116N29O25P5/c1-46-29-98(70(106)84-65(46)102)55-28-52(126(108,85(2)3)116-39-49-31-93(35-57(123-49)97-16-14-54(73)81-69(97)105)129(111,88(8)9)119-40-48-30-90(12)34-56(122-48)96-15-13-53(72)80-68(96)104)27-47(121-55)38-117-128(110,87(6)7)94-33-51(124-58(36-94)99-44-78-60-62(74)76-43-77-63(60)99)42-120-130(112,89(10)11)95-32-50(125-59(37-95)100-45-79-61-64(100)82-67(75)83-66(61)103)41-118-127(109,86(4)5)92-19-17-91(18-20-92)71(107)115-26-25-114-24-23-113-22-21-101/h13-16,29,43-45,47-52,55-59,101H,17-28,30-42H2,1-12H3,(H2,72,80,104)(H2,73,81,105)(H2,74,76,77)(H,84,102,106)(H3,75,82,83,103)/t47-,48-,49-,50-,51-,52?,55+,56+,57+,58+,59+,126?,127?,128?,129?,130?/m0/s1. The van der Waals surface area contributed by atoms with Crippen molar-refractivity contribution in [3.05, 3.63) is 107 Å². The average Bonchev–Trinajstić information content (AvgIpc) is 1.73. The number of carbonyl (C=O) groups is 1. The van der Waals surface area contributed by atoms with Crippen LogP contribution in [0, 0.1) is 6.92 Å². The second kappa shape index (κ2) is 42.3. The number of piperazine rings is 1. The van der Waals surface area contributed by atoms with E-state index in [-0.39, 0.29) is 182 Å². The van der Waals surface area contributed by atoms with Crippen LogP contribution in [0.25, 0.3) is 22.3 Å². The van der Waals surface area contributed by atoms with Gasteiger partial charge in [0, 0.05) is 89.5 Å². The summed E-state index contributed by atoms with van der Waals surface area (Å²) in [5.41, 5.74) is 19.9. The van der Waals surface area contributed by atoms with Gasteiger partial charge in [-0.1, -0.05) is 0 Å². The Bertz CT molecular complexity index is 5680. The van der Waals surface area contributed by atoms with Gasteiger partial charge in [-0.05, 0) is 103 Å². The molecule has 59 heteroatoms. The zero-order valence-corrected chi connectivity index (χ0v) is 78.7. The number of nitrogen functional groups attached to an aromatic ring is 4. The normalized spacial score (nSPS) is 25.8. The van der Waals surface area contributed by atoms with Crippen LogP contribution in [0.1, 0.15) is 49.5 Å².